The average Bonchev–Trinajstić information content (AvgIpc) is 2.26. The predicted octanol–water partition coefficient (Wildman–Crippen LogP) is 1.91. The second-order valence-corrected chi connectivity index (χ2v) is 8.35. The van der Waals surface area contributed by atoms with Crippen molar-refractivity contribution in [2.45, 2.75) is 37.8 Å². The quantitative estimate of drug-likeness (QED) is 0.871. The lowest BCUT2D eigenvalue weighted by molar-refractivity contribution is 0.303. The first-order chi connectivity index (χ1) is 9.08. The Balaban J connectivity index is 2.48. The zero-order chi connectivity index (χ0) is 15.4. The average molecular weight is 298 g/mol. The van der Waals surface area contributed by atoms with Crippen molar-refractivity contribution in [1.82, 2.24) is 10.2 Å². The maximum absolute atomic E-state index is 11.4. The summed E-state index contributed by atoms with van der Waals surface area (Å²) in [5.74, 6) is 0. The molecular formula is C15H26N2O2S. The molecule has 0 aliphatic heterocycles. The summed E-state index contributed by atoms with van der Waals surface area (Å²) < 4.78 is 22.8. The van der Waals surface area contributed by atoms with Crippen molar-refractivity contribution in [3.63, 3.8) is 0 Å². The second kappa shape index (κ2) is 6.70. The molecule has 0 atom stereocenters. The number of sulfone groups is 1. The Morgan fingerprint density at radius 2 is 1.70 bits per heavy atom. The summed E-state index contributed by atoms with van der Waals surface area (Å²) in [6, 6.07) is 7.10. The third kappa shape index (κ3) is 6.50. The Morgan fingerprint density at radius 1 is 1.15 bits per heavy atom. The van der Waals surface area contributed by atoms with Crippen molar-refractivity contribution in [2.75, 3.05) is 26.4 Å². The van der Waals surface area contributed by atoms with E-state index in [0.29, 0.717) is 4.90 Å². The molecule has 0 aromatic heterocycles. The van der Waals surface area contributed by atoms with E-state index in [1.807, 2.05) is 12.1 Å². The molecule has 0 spiro atoms. The van der Waals surface area contributed by atoms with E-state index in [2.05, 4.69) is 38.0 Å². The molecule has 1 aromatic carbocycles. The van der Waals surface area contributed by atoms with Gasteiger partial charge in [0.05, 0.1) is 4.90 Å². The van der Waals surface area contributed by atoms with E-state index in [1.54, 1.807) is 12.1 Å². The molecule has 1 rings (SSSR count). The first-order valence-electron chi connectivity index (χ1n) is 6.80. The lowest BCUT2D eigenvalue weighted by Crippen LogP contribution is -2.40. The number of hydrogen-bond donors (Lipinski definition) is 1. The van der Waals surface area contributed by atoms with Gasteiger partial charge in [0.25, 0.3) is 0 Å². The zero-order valence-electron chi connectivity index (χ0n) is 13.1. The van der Waals surface area contributed by atoms with Crippen molar-refractivity contribution >= 4 is 9.84 Å². The van der Waals surface area contributed by atoms with Gasteiger partial charge in [-0.15, -0.1) is 0 Å². The van der Waals surface area contributed by atoms with Crippen LogP contribution in [0.3, 0.4) is 0 Å². The normalized spacial score (nSPS) is 12.9. The first-order valence-corrected chi connectivity index (χ1v) is 8.70. The van der Waals surface area contributed by atoms with Gasteiger partial charge >= 0.3 is 0 Å². The van der Waals surface area contributed by atoms with Crippen molar-refractivity contribution in [3.05, 3.63) is 29.8 Å². The minimum Gasteiger partial charge on any atom is -0.311 e. The number of benzene rings is 1. The maximum Gasteiger partial charge on any atom is 0.175 e. The van der Waals surface area contributed by atoms with Gasteiger partial charge in [0, 0.05) is 31.4 Å². The number of rotatable bonds is 6. The van der Waals surface area contributed by atoms with E-state index in [1.165, 1.54) is 6.26 Å². The molecule has 0 fully saturated rings. The van der Waals surface area contributed by atoms with Gasteiger partial charge in [-0.3, -0.25) is 0 Å². The molecule has 0 heterocycles. The third-order valence-electron chi connectivity index (χ3n) is 2.95. The Labute approximate surface area is 123 Å². The van der Waals surface area contributed by atoms with Gasteiger partial charge in [-0.1, -0.05) is 12.1 Å². The molecule has 0 saturated heterocycles. The van der Waals surface area contributed by atoms with E-state index in [9.17, 15) is 8.42 Å². The standard InChI is InChI=1S/C15H26N2O2S/c1-15(2,3)16-10-11-17(4)12-13-6-8-14(9-7-13)20(5,18)19/h6-9,16H,10-12H2,1-5H3. The molecule has 5 heteroatoms. The predicted molar refractivity (Wildman–Crippen MR) is 83.6 cm³/mol. The lowest BCUT2D eigenvalue weighted by Gasteiger charge is -2.23. The summed E-state index contributed by atoms with van der Waals surface area (Å²) in [6.45, 7) is 9.15. The van der Waals surface area contributed by atoms with Crippen LogP contribution >= 0.6 is 0 Å². The smallest absolute Gasteiger partial charge is 0.175 e. The summed E-state index contributed by atoms with van der Waals surface area (Å²) in [4.78, 5) is 2.59. The Bertz CT molecular complexity index is 516. The summed E-state index contributed by atoms with van der Waals surface area (Å²) in [6.07, 6.45) is 1.23. The van der Waals surface area contributed by atoms with Gasteiger partial charge in [0.1, 0.15) is 0 Å². The van der Waals surface area contributed by atoms with Crippen LogP contribution in [-0.4, -0.2) is 45.2 Å². The van der Waals surface area contributed by atoms with Gasteiger partial charge in [-0.2, -0.15) is 0 Å². The fourth-order valence-electron chi connectivity index (χ4n) is 1.85. The van der Waals surface area contributed by atoms with Crippen LogP contribution in [0.2, 0.25) is 0 Å². The van der Waals surface area contributed by atoms with Crippen LogP contribution in [-0.2, 0) is 16.4 Å². The largest absolute Gasteiger partial charge is 0.311 e. The number of likely N-dealkylation sites (N-methyl/N-ethyl adjacent to an activating group) is 1. The van der Waals surface area contributed by atoms with Crippen LogP contribution in [0.15, 0.2) is 29.2 Å². The van der Waals surface area contributed by atoms with E-state index in [-0.39, 0.29) is 5.54 Å². The van der Waals surface area contributed by atoms with Crippen LogP contribution in [0, 0.1) is 0 Å². The summed E-state index contributed by atoms with van der Waals surface area (Å²) in [5, 5.41) is 3.45. The highest BCUT2D eigenvalue weighted by Gasteiger charge is 2.09. The summed E-state index contributed by atoms with van der Waals surface area (Å²) in [5.41, 5.74) is 1.26. The molecule has 0 unspecified atom stereocenters. The second-order valence-electron chi connectivity index (χ2n) is 6.33. The van der Waals surface area contributed by atoms with Crippen LogP contribution in [0.25, 0.3) is 0 Å². The van der Waals surface area contributed by atoms with Crippen molar-refractivity contribution in [1.29, 1.82) is 0 Å². The molecule has 1 aromatic rings. The monoisotopic (exact) mass is 298 g/mol. The summed E-state index contributed by atoms with van der Waals surface area (Å²) in [7, 11) is -1.04. The van der Waals surface area contributed by atoms with Gasteiger partial charge in [0.2, 0.25) is 0 Å². The zero-order valence-corrected chi connectivity index (χ0v) is 13.9. The molecule has 0 aliphatic carbocycles. The number of nitrogens with one attached hydrogen (secondary N) is 1. The highest BCUT2D eigenvalue weighted by atomic mass is 32.2. The molecule has 0 bridgehead atoms. The lowest BCUT2D eigenvalue weighted by atomic mass is 10.1. The fraction of sp³-hybridized carbons (Fsp3) is 0.600. The van der Waals surface area contributed by atoms with Crippen LogP contribution in [0.4, 0.5) is 0 Å². The Morgan fingerprint density at radius 3 is 2.15 bits per heavy atom. The fourth-order valence-corrected chi connectivity index (χ4v) is 2.49. The Kier molecular flexibility index (Phi) is 5.74. The molecule has 0 aliphatic rings. The molecule has 0 amide bonds. The van der Waals surface area contributed by atoms with E-state index >= 15 is 0 Å². The Hall–Kier alpha value is -0.910. The number of hydrogen-bond acceptors (Lipinski definition) is 4. The van der Waals surface area contributed by atoms with Gasteiger partial charge in [-0.25, -0.2) is 8.42 Å². The maximum atomic E-state index is 11.4. The van der Waals surface area contributed by atoms with Gasteiger partial charge in [-0.05, 0) is 45.5 Å². The van der Waals surface area contributed by atoms with Crippen molar-refractivity contribution in [2.24, 2.45) is 0 Å². The van der Waals surface area contributed by atoms with Crippen LogP contribution < -0.4 is 5.32 Å². The minimum atomic E-state index is -3.10. The minimum absolute atomic E-state index is 0.137. The molecular weight excluding hydrogens is 272 g/mol. The highest BCUT2D eigenvalue weighted by molar-refractivity contribution is 7.90. The molecule has 0 radical (unpaired) electrons. The molecule has 1 N–H and O–H groups in total. The topological polar surface area (TPSA) is 49.4 Å². The third-order valence-corrected chi connectivity index (χ3v) is 4.08. The summed E-state index contributed by atoms with van der Waals surface area (Å²) >= 11 is 0. The van der Waals surface area contributed by atoms with Crippen LogP contribution in [0.5, 0.6) is 0 Å². The van der Waals surface area contributed by atoms with E-state index in [0.717, 1.165) is 25.2 Å². The van der Waals surface area contributed by atoms with Gasteiger partial charge < -0.3 is 10.2 Å². The SMILES string of the molecule is CN(CCNC(C)(C)C)Cc1ccc(S(C)(=O)=O)cc1. The van der Waals surface area contributed by atoms with Crippen LogP contribution in [0.1, 0.15) is 26.3 Å². The van der Waals surface area contributed by atoms with E-state index in [4.69, 9.17) is 0 Å². The molecule has 114 valence electrons. The first kappa shape index (κ1) is 17.1. The number of nitrogens with zero attached hydrogens (tertiary/aromatic N) is 1. The highest BCUT2D eigenvalue weighted by Crippen LogP contribution is 2.11. The molecule has 4 nitrogen and oxygen atoms in total. The molecule has 0 saturated carbocycles. The van der Waals surface area contributed by atoms with E-state index < -0.39 is 9.84 Å². The van der Waals surface area contributed by atoms with Crippen molar-refractivity contribution < 1.29 is 8.42 Å². The van der Waals surface area contributed by atoms with Gasteiger partial charge in [0.15, 0.2) is 9.84 Å². The van der Waals surface area contributed by atoms with Crippen molar-refractivity contribution in [3.8, 4) is 0 Å². The molecule has 20 heavy (non-hydrogen) atoms.